The van der Waals surface area contributed by atoms with Gasteiger partial charge >= 0.3 is 18.1 Å². The molecule has 2 unspecified atom stereocenters. The number of carboxylic acids is 1. The maximum atomic E-state index is 13.0. The molecule has 4 heterocycles. The van der Waals surface area contributed by atoms with Crippen LogP contribution in [0.2, 0.25) is 0 Å². The fourth-order valence-electron chi connectivity index (χ4n) is 4.91. The first-order valence-electron chi connectivity index (χ1n) is 10.6. The average molecular weight is 454 g/mol. The first-order chi connectivity index (χ1) is 15.2. The van der Waals surface area contributed by atoms with Gasteiger partial charge in [-0.05, 0) is 32.4 Å². The van der Waals surface area contributed by atoms with E-state index in [0.29, 0.717) is 30.1 Å². The van der Waals surface area contributed by atoms with Crippen LogP contribution < -0.4 is 4.74 Å². The predicted octanol–water partition coefficient (Wildman–Crippen LogP) is 3.84. The van der Waals surface area contributed by atoms with E-state index in [0.717, 1.165) is 36.7 Å². The van der Waals surface area contributed by atoms with Crippen LogP contribution in [0.4, 0.5) is 13.2 Å². The average Bonchev–Trinajstić information content (AvgIpc) is 3.16. The largest absolute Gasteiger partial charge is 0.490 e. The zero-order valence-corrected chi connectivity index (χ0v) is 17.6. The number of aromatic nitrogens is 1. The number of rotatable bonds is 2. The van der Waals surface area contributed by atoms with Crippen LogP contribution in [0.3, 0.4) is 0 Å². The maximum Gasteiger partial charge on any atom is 0.490 e. The summed E-state index contributed by atoms with van der Waals surface area (Å²) in [4.78, 5) is 24.4. The number of aliphatic carboxylic acids is 1. The van der Waals surface area contributed by atoms with Gasteiger partial charge in [0.15, 0.2) is 0 Å². The molecule has 3 aliphatic rings. The minimum atomic E-state index is -5.08. The molecule has 2 aromatic rings. The van der Waals surface area contributed by atoms with Gasteiger partial charge in [0.1, 0.15) is 11.7 Å². The number of halogens is 3. The third kappa shape index (κ3) is 4.28. The highest BCUT2D eigenvalue weighted by atomic mass is 19.4. The first-order valence-corrected chi connectivity index (χ1v) is 10.6. The van der Waals surface area contributed by atoms with Crippen LogP contribution in [-0.4, -0.2) is 64.5 Å². The second-order valence-corrected chi connectivity index (χ2v) is 8.40. The minimum Gasteiger partial charge on any atom is -0.478 e. The van der Waals surface area contributed by atoms with E-state index >= 15 is 0 Å². The summed E-state index contributed by atoms with van der Waals surface area (Å²) >= 11 is 0. The Morgan fingerprint density at radius 2 is 1.78 bits per heavy atom. The number of carbonyl (C=O) groups is 2. The maximum absolute atomic E-state index is 13.0. The number of fused-ring (bicyclic) bond motifs is 5. The van der Waals surface area contributed by atoms with Crippen molar-refractivity contribution in [1.29, 1.82) is 0 Å². The number of benzene rings is 1. The molecule has 10 heteroatoms. The Bertz CT molecular complexity index is 1000. The van der Waals surface area contributed by atoms with Gasteiger partial charge in [0, 0.05) is 36.9 Å². The van der Waals surface area contributed by atoms with Crippen molar-refractivity contribution in [2.45, 2.75) is 63.0 Å². The molecular formula is C22H25F3N2O5. The summed E-state index contributed by atoms with van der Waals surface area (Å²) in [5, 5.41) is 8.07. The quantitative estimate of drug-likeness (QED) is 0.695. The molecular weight excluding hydrogens is 429 g/mol. The van der Waals surface area contributed by atoms with E-state index in [1.807, 2.05) is 18.2 Å². The monoisotopic (exact) mass is 454 g/mol. The lowest BCUT2D eigenvalue weighted by atomic mass is 10.0. The van der Waals surface area contributed by atoms with E-state index in [1.54, 1.807) is 0 Å². The van der Waals surface area contributed by atoms with Gasteiger partial charge in [-0.25, -0.2) is 9.59 Å². The molecule has 0 radical (unpaired) electrons. The van der Waals surface area contributed by atoms with Crippen LogP contribution in [0, 0.1) is 0 Å². The molecule has 32 heavy (non-hydrogen) atoms. The first kappa shape index (κ1) is 22.4. The molecule has 7 nitrogen and oxygen atoms in total. The van der Waals surface area contributed by atoms with Crippen molar-refractivity contribution in [3.63, 3.8) is 0 Å². The van der Waals surface area contributed by atoms with E-state index in [2.05, 4.69) is 22.6 Å². The van der Waals surface area contributed by atoms with Gasteiger partial charge in [-0.3, -0.25) is 0 Å². The van der Waals surface area contributed by atoms with Crippen LogP contribution in [0.1, 0.15) is 42.5 Å². The van der Waals surface area contributed by atoms with Gasteiger partial charge in [0.2, 0.25) is 5.88 Å². The Labute approximate surface area is 182 Å². The highest BCUT2D eigenvalue weighted by molar-refractivity contribution is 6.07. The van der Waals surface area contributed by atoms with Crippen LogP contribution >= 0.6 is 0 Å². The zero-order valence-electron chi connectivity index (χ0n) is 17.6. The minimum absolute atomic E-state index is 0.0269. The van der Waals surface area contributed by atoms with Crippen molar-refractivity contribution >= 4 is 22.8 Å². The van der Waals surface area contributed by atoms with E-state index < -0.39 is 12.1 Å². The van der Waals surface area contributed by atoms with Gasteiger partial charge in [0.05, 0.1) is 12.1 Å². The Hall–Kier alpha value is -2.75. The number of hydrogen-bond donors (Lipinski definition) is 1. The smallest absolute Gasteiger partial charge is 0.478 e. The summed E-state index contributed by atoms with van der Waals surface area (Å²) in [6.07, 6.45) is 0.268. The molecule has 0 saturated carbocycles. The van der Waals surface area contributed by atoms with E-state index in [-0.39, 0.29) is 12.1 Å². The summed E-state index contributed by atoms with van der Waals surface area (Å²) in [7, 11) is 2.20. The lowest BCUT2D eigenvalue weighted by Gasteiger charge is -2.35. The topological polar surface area (TPSA) is 81.0 Å². The van der Waals surface area contributed by atoms with Crippen LogP contribution in [0.15, 0.2) is 24.3 Å². The Kier molecular flexibility index (Phi) is 6.07. The molecule has 2 fully saturated rings. The number of para-hydroxylation sites is 1. The molecule has 174 valence electrons. The second kappa shape index (κ2) is 8.65. The molecule has 2 atom stereocenters. The summed E-state index contributed by atoms with van der Waals surface area (Å²) in [6.45, 7) is 1.55. The van der Waals surface area contributed by atoms with E-state index in [1.165, 1.54) is 12.8 Å². The summed E-state index contributed by atoms with van der Waals surface area (Å²) < 4.78 is 45.7. The van der Waals surface area contributed by atoms with Gasteiger partial charge in [-0.2, -0.15) is 13.2 Å². The normalized spacial score (nSPS) is 24.8. The van der Waals surface area contributed by atoms with E-state index in [4.69, 9.17) is 19.4 Å². The molecule has 2 bridgehead atoms. The fourth-order valence-corrected chi connectivity index (χ4v) is 4.91. The lowest BCUT2D eigenvalue weighted by Crippen LogP contribution is -2.43. The number of nitrogens with zero attached hydrogens (tertiary/aromatic N) is 2. The number of carboxylic acid groups (broad SMARTS) is 1. The van der Waals surface area contributed by atoms with Crippen LogP contribution in [0.25, 0.3) is 10.9 Å². The summed E-state index contributed by atoms with van der Waals surface area (Å²) in [6, 6.07) is 9.16. The van der Waals surface area contributed by atoms with Gasteiger partial charge in [0.25, 0.3) is 0 Å². The molecule has 1 aromatic carbocycles. The molecule has 0 aliphatic carbocycles. The third-order valence-electron chi connectivity index (χ3n) is 6.46. The summed E-state index contributed by atoms with van der Waals surface area (Å²) in [5.74, 6) is -2.29. The summed E-state index contributed by atoms with van der Waals surface area (Å²) in [5.41, 5.74) is 1.68. The number of ether oxygens (including phenoxy) is 2. The molecule has 0 spiro atoms. The van der Waals surface area contributed by atoms with Gasteiger partial charge in [-0.15, -0.1) is 0 Å². The standard InChI is InChI=1S/C20H24N2O3.C2HF3O2/c1-21-13-7-8-14(21)12-15(11-13)25-20(23)18-16-5-2-3-6-17(16)22-9-4-10-24-19(18)22;3-2(4,5)1(6)7/h2-3,5-6,13-15H,4,7-12H2,1H3;(H,6,7). The Morgan fingerprint density at radius 3 is 2.41 bits per heavy atom. The highest BCUT2D eigenvalue weighted by Gasteiger charge is 2.41. The number of hydrogen-bond acceptors (Lipinski definition) is 5. The van der Waals surface area contributed by atoms with Gasteiger partial charge < -0.3 is 24.0 Å². The third-order valence-corrected chi connectivity index (χ3v) is 6.46. The van der Waals surface area contributed by atoms with Crippen molar-refractivity contribution in [3.8, 4) is 5.88 Å². The van der Waals surface area contributed by atoms with Crippen LogP contribution in [0.5, 0.6) is 5.88 Å². The Balaban J connectivity index is 0.000000307. The number of aryl methyl sites for hydroxylation is 1. The Morgan fingerprint density at radius 1 is 1.16 bits per heavy atom. The van der Waals surface area contributed by atoms with Crippen molar-refractivity contribution in [1.82, 2.24) is 9.47 Å². The second-order valence-electron chi connectivity index (χ2n) is 8.40. The molecule has 1 aromatic heterocycles. The molecule has 0 amide bonds. The molecule has 2 saturated heterocycles. The highest BCUT2D eigenvalue weighted by Crippen LogP contribution is 2.38. The molecule has 5 rings (SSSR count). The lowest BCUT2D eigenvalue weighted by molar-refractivity contribution is -0.192. The SMILES string of the molecule is CN1C2CCC1CC(OC(=O)c1c3n(c4ccccc14)CCCO3)C2.O=C(O)C(F)(F)F. The van der Waals surface area contributed by atoms with E-state index in [9.17, 15) is 18.0 Å². The van der Waals surface area contributed by atoms with Crippen molar-refractivity contribution in [2.24, 2.45) is 0 Å². The van der Waals surface area contributed by atoms with Crippen molar-refractivity contribution < 1.29 is 37.3 Å². The molecule has 3 aliphatic heterocycles. The fraction of sp³-hybridized carbons (Fsp3) is 0.545. The number of carbonyl (C=O) groups excluding carboxylic acids is 1. The number of alkyl halides is 3. The zero-order chi connectivity index (χ0) is 23.0. The van der Waals surface area contributed by atoms with Crippen LogP contribution in [-0.2, 0) is 16.1 Å². The van der Waals surface area contributed by atoms with Crippen molar-refractivity contribution in [3.05, 3.63) is 29.8 Å². The van der Waals surface area contributed by atoms with Gasteiger partial charge in [-0.1, -0.05) is 18.2 Å². The predicted molar refractivity (Wildman–Crippen MR) is 109 cm³/mol. The van der Waals surface area contributed by atoms with Crippen molar-refractivity contribution in [2.75, 3.05) is 13.7 Å². The number of esters is 1. The number of piperidine rings is 1. The molecule has 1 N–H and O–H groups in total.